The van der Waals surface area contributed by atoms with Gasteiger partial charge in [-0.2, -0.15) is 0 Å². The molecule has 0 saturated carbocycles. The Morgan fingerprint density at radius 3 is 0.925 bits per heavy atom. The summed E-state index contributed by atoms with van der Waals surface area (Å²) in [7, 11) is 0. The Morgan fingerprint density at radius 2 is 0.625 bits per heavy atom. The van der Waals surface area contributed by atoms with Crippen LogP contribution in [0.1, 0.15) is 194 Å². The Morgan fingerprint density at radius 1 is 0.375 bits per heavy atom. The Bertz CT molecular complexity index is 494. The molecule has 0 aromatic heterocycles. The minimum absolute atomic E-state index is 0.486. The van der Waals surface area contributed by atoms with Gasteiger partial charge in [0.25, 0.3) is 0 Å². The molecule has 0 N–H and O–H groups in total. The predicted octanol–water partition coefficient (Wildman–Crippen LogP) is 13.2. The monoisotopic (exact) mass is 563 g/mol. The molecular formula is C37H70O3. The van der Waals surface area contributed by atoms with E-state index < -0.39 is 6.16 Å². The highest BCUT2D eigenvalue weighted by Crippen LogP contribution is 2.12. The molecule has 0 heterocycles. The van der Waals surface area contributed by atoms with Gasteiger partial charge in [-0.1, -0.05) is 154 Å². The van der Waals surface area contributed by atoms with E-state index >= 15 is 0 Å². The van der Waals surface area contributed by atoms with E-state index in [4.69, 9.17) is 9.47 Å². The fourth-order valence-electron chi connectivity index (χ4n) is 5.05. The van der Waals surface area contributed by atoms with Crippen LogP contribution in [0.3, 0.4) is 0 Å². The molecule has 0 aliphatic rings. The Kier molecular flexibility index (Phi) is 34.7. The van der Waals surface area contributed by atoms with Gasteiger partial charge in [-0.3, -0.25) is 0 Å². The van der Waals surface area contributed by atoms with Crippen molar-refractivity contribution in [2.45, 2.75) is 194 Å². The highest BCUT2D eigenvalue weighted by Gasteiger charge is 2.03. The van der Waals surface area contributed by atoms with Crippen LogP contribution < -0.4 is 0 Å². The van der Waals surface area contributed by atoms with Crippen molar-refractivity contribution in [1.82, 2.24) is 0 Å². The number of rotatable bonds is 32. The van der Waals surface area contributed by atoms with E-state index in [-0.39, 0.29) is 0 Å². The smallest absolute Gasteiger partial charge is 0.434 e. The summed E-state index contributed by atoms with van der Waals surface area (Å²) < 4.78 is 10.4. The minimum Gasteiger partial charge on any atom is -0.434 e. The third-order valence-electron chi connectivity index (χ3n) is 7.75. The normalized spacial score (nSPS) is 11.7. The van der Waals surface area contributed by atoms with Crippen molar-refractivity contribution in [3.05, 3.63) is 24.3 Å². The molecule has 0 amide bonds. The summed E-state index contributed by atoms with van der Waals surface area (Å²) in [4.78, 5) is 11.7. The third kappa shape index (κ3) is 34.8. The van der Waals surface area contributed by atoms with Gasteiger partial charge in [-0.25, -0.2) is 4.79 Å². The second-order valence-electron chi connectivity index (χ2n) is 11.8. The third-order valence-corrected chi connectivity index (χ3v) is 7.75. The molecular weight excluding hydrogens is 492 g/mol. The first kappa shape index (κ1) is 38.8. The first-order chi connectivity index (χ1) is 19.8. The highest BCUT2D eigenvalue weighted by molar-refractivity contribution is 5.59. The van der Waals surface area contributed by atoms with E-state index in [9.17, 15) is 4.79 Å². The number of hydrogen-bond acceptors (Lipinski definition) is 3. The van der Waals surface area contributed by atoms with Gasteiger partial charge in [0.15, 0.2) is 0 Å². The summed E-state index contributed by atoms with van der Waals surface area (Å²) in [6.45, 7) is 5.54. The second kappa shape index (κ2) is 35.8. The van der Waals surface area contributed by atoms with Gasteiger partial charge in [-0.15, -0.1) is 0 Å². The van der Waals surface area contributed by atoms with Crippen molar-refractivity contribution < 1.29 is 14.3 Å². The summed E-state index contributed by atoms with van der Waals surface area (Å²) in [5.74, 6) is 0. The molecule has 0 unspecified atom stereocenters. The largest absolute Gasteiger partial charge is 0.508 e. The first-order valence-corrected chi connectivity index (χ1v) is 17.9. The standard InChI is InChI=1S/C37H70O3/c1-3-5-7-9-11-13-15-17-19-21-23-25-27-29-31-33-35-39-37(38)40-36-34-32-30-28-26-24-22-20-18-16-14-12-10-8-6-4-2/h17-20H,3-16,21-36H2,1-2H3/b19-17-,20-18+. The summed E-state index contributed by atoms with van der Waals surface area (Å²) >= 11 is 0. The number of hydrogen-bond donors (Lipinski definition) is 0. The number of unbranched alkanes of at least 4 members (excludes halogenated alkanes) is 24. The minimum atomic E-state index is -0.486. The maximum Gasteiger partial charge on any atom is 0.508 e. The lowest BCUT2D eigenvalue weighted by Gasteiger charge is -2.06. The van der Waals surface area contributed by atoms with Gasteiger partial charge in [0, 0.05) is 0 Å². The summed E-state index contributed by atoms with van der Waals surface area (Å²) in [6, 6.07) is 0. The van der Waals surface area contributed by atoms with Gasteiger partial charge in [0.2, 0.25) is 0 Å². The molecule has 0 aliphatic heterocycles. The van der Waals surface area contributed by atoms with E-state index in [0.29, 0.717) is 13.2 Å². The van der Waals surface area contributed by atoms with Crippen LogP contribution in [-0.2, 0) is 9.47 Å². The molecule has 40 heavy (non-hydrogen) atoms. The molecule has 0 aliphatic carbocycles. The number of ether oxygens (including phenoxy) is 2. The van der Waals surface area contributed by atoms with Crippen molar-refractivity contribution in [3.8, 4) is 0 Å². The molecule has 0 fully saturated rings. The van der Waals surface area contributed by atoms with Crippen LogP contribution in [-0.4, -0.2) is 19.4 Å². The van der Waals surface area contributed by atoms with Gasteiger partial charge >= 0.3 is 6.16 Å². The van der Waals surface area contributed by atoms with Crippen molar-refractivity contribution in [1.29, 1.82) is 0 Å². The SMILES string of the molecule is CCCCCCCC/C=C\CCCCCCCCOC(=O)OCCCCCCCC/C=C/CCCCCCCC. The number of carbonyl (C=O) groups excluding carboxylic acids is 1. The van der Waals surface area contributed by atoms with Crippen LogP contribution >= 0.6 is 0 Å². The lowest BCUT2D eigenvalue weighted by atomic mass is 10.1. The van der Waals surface area contributed by atoms with Crippen LogP contribution in [0.4, 0.5) is 4.79 Å². The van der Waals surface area contributed by atoms with E-state index in [1.807, 2.05) is 0 Å². The van der Waals surface area contributed by atoms with Gasteiger partial charge in [0.1, 0.15) is 0 Å². The van der Waals surface area contributed by atoms with E-state index in [0.717, 1.165) is 25.7 Å². The van der Waals surface area contributed by atoms with Crippen molar-refractivity contribution in [3.63, 3.8) is 0 Å². The lowest BCUT2D eigenvalue weighted by molar-refractivity contribution is 0.0529. The highest BCUT2D eigenvalue weighted by atomic mass is 16.7. The second-order valence-corrected chi connectivity index (χ2v) is 11.8. The molecule has 0 bridgehead atoms. The molecule has 0 rings (SSSR count). The lowest BCUT2D eigenvalue weighted by Crippen LogP contribution is -2.09. The predicted molar refractivity (Wildman–Crippen MR) is 176 cm³/mol. The molecule has 0 saturated heterocycles. The van der Waals surface area contributed by atoms with Gasteiger partial charge in [0.05, 0.1) is 13.2 Å². The molecule has 0 atom stereocenters. The molecule has 0 radical (unpaired) electrons. The summed E-state index contributed by atoms with van der Waals surface area (Å²) in [6.07, 6.45) is 45.0. The maximum absolute atomic E-state index is 11.7. The average molecular weight is 563 g/mol. The van der Waals surface area contributed by atoms with E-state index in [2.05, 4.69) is 38.2 Å². The zero-order valence-electron chi connectivity index (χ0n) is 27.2. The fraction of sp³-hybridized carbons (Fsp3) is 0.865. The van der Waals surface area contributed by atoms with E-state index in [1.54, 1.807) is 0 Å². The number of allylic oxidation sites excluding steroid dienone is 4. The maximum atomic E-state index is 11.7. The Hall–Kier alpha value is -1.25. The summed E-state index contributed by atoms with van der Waals surface area (Å²) in [5.41, 5.74) is 0. The van der Waals surface area contributed by atoms with Gasteiger partial charge < -0.3 is 9.47 Å². The molecule has 0 aromatic carbocycles. The average Bonchev–Trinajstić information content (AvgIpc) is 2.96. The van der Waals surface area contributed by atoms with Gasteiger partial charge in [-0.05, 0) is 64.2 Å². The van der Waals surface area contributed by atoms with Crippen molar-refractivity contribution in [2.75, 3.05) is 13.2 Å². The van der Waals surface area contributed by atoms with Crippen LogP contribution in [0.25, 0.3) is 0 Å². The molecule has 236 valence electrons. The quantitative estimate of drug-likeness (QED) is 0.0464. The molecule has 0 spiro atoms. The van der Waals surface area contributed by atoms with E-state index in [1.165, 1.54) is 154 Å². The zero-order valence-corrected chi connectivity index (χ0v) is 27.2. The summed E-state index contributed by atoms with van der Waals surface area (Å²) in [5, 5.41) is 0. The molecule has 3 heteroatoms. The fourth-order valence-corrected chi connectivity index (χ4v) is 5.05. The van der Waals surface area contributed by atoms with Crippen LogP contribution in [0, 0.1) is 0 Å². The molecule has 0 aromatic rings. The number of carbonyl (C=O) groups is 1. The topological polar surface area (TPSA) is 35.5 Å². The van der Waals surface area contributed by atoms with Crippen LogP contribution in [0.2, 0.25) is 0 Å². The van der Waals surface area contributed by atoms with Crippen LogP contribution in [0.5, 0.6) is 0 Å². The first-order valence-electron chi connectivity index (χ1n) is 17.9. The van der Waals surface area contributed by atoms with Crippen molar-refractivity contribution in [2.24, 2.45) is 0 Å². The Balaban J connectivity index is 3.22. The Labute approximate surface area is 251 Å². The zero-order chi connectivity index (χ0) is 29.0. The van der Waals surface area contributed by atoms with Crippen LogP contribution in [0.15, 0.2) is 24.3 Å². The molecule has 3 nitrogen and oxygen atoms in total. The van der Waals surface area contributed by atoms with Crippen molar-refractivity contribution >= 4 is 6.16 Å².